The van der Waals surface area contributed by atoms with Gasteiger partial charge in [-0.25, -0.2) is 4.39 Å². The predicted molar refractivity (Wildman–Crippen MR) is 83.4 cm³/mol. The topological polar surface area (TPSA) is 61.2 Å². The van der Waals surface area contributed by atoms with Crippen molar-refractivity contribution in [3.8, 4) is 6.07 Å². The van der Waals surface area contributed by atoms with Gasteiger partial charge in [0.25, 0.3) is 0 Å². The Morgan fingerprint density at radius 2 is 1.91 bits per heavy atom. The van der Waals surface area contributed by atoms with Crippen LogP contribution in [0.4, 0.5) is 4.39 Å². The molecule has 4 nitrogen and oxygen atoms in total. The third-order valence-corrected chi connectivity index (χ3v) is 4.24. The summed E-state index contributed by atoms with van der Waals surface area (Å²) in [5, 5.41) is 9.12. The zero-order valence-corrected chi connectivity index (χ0v) is 12.7. The van der Waals surface area contributed by atoms with Gasteiger partial charge in [0.1, 0.15) is 5.82 Å². The van der Waals surface area contributed by atoms with Gasteiger partial charge in [0.2, 0.25) is 5.91 Å². The van der Waals surface area contributed by atoms with Gasteiger partial charge in [-0.1, -0.05) is 18.2 Å². The molecule has 0 N–H and O–H groups in total. The zero-order valence-electron chi connectivity index (χ0n) is 11.9. The maximum Gasteiger partial charge on any atom is 0.247 e. The molecule has 0 spiro atoms. The minimum atomic E-state index is -1.31. The van der Waals surface area contributed by atoms with Gasteiger partial charge >= 0.3 is 0 Å². The maximum absolute atomic E-state index is 12.8. The summed E-state index contributed by atoms with van der Waals surface area (Å²) in [4.78, 5) is 25.8. The number of allylic oxidation sites excluding steroid dienone is 1. The molecule has 1 aromatic rings. The lowest BCUT2D eigenvalue weighted by Gasteiger charge is -2.27. The number of carbonyl (C=O) groups is 2. The summed E-state index contributed by atoms with van der Waals surface area (Å²) >= 11 is 1.75. The molecule has 1 fully saturated rings. The molecule has 1 aliphatic heterocycles. The van der Waals surface area contributed by atoms with Gasteiger partial charge in [-0.3, -0.25) is 9.59 Å². The van der Waals surface area contributed by atoms with Crippen LogP contribution in [0.1, 0.15) is 5.56 Å². The van der Waals surface area contributed by atoms with E-state index in [-0.39, 0.29) is 5.82 Å². The maximum atomic E-state index is 12.8. The van der Waals surface area contributed by atoms with E-state index in [1.54, 1.807) is 22.7 Å². The minimum absolute atomic E-state index is 0.364. The molecule has 0 unspecified atom stereocenters. The lowest BCUT2D eigenvalue weighted by atomic mass is 10.0. The quantitative estimate of drug-likeness (QED) is 0.630. The summed E-state index contributed by atoms with van der Waals surface area (Å²) < 4.78 is 12.8. The van der Waals surface area contributed by atoms with Crippen LogP contribution in [0.25, 0.3) is 6.08 Å². The van der Waals surface area contributed by atoms with Crippen LogP contribution in [0.3, 0.4) is 0 Å². The molecule has 1 amide bonds. The summed E-state index contributed by atoms with van der Waals surface area (Å²) in [6.45, 7) is 1.13. The molecular weight excluding hydrogens is 303 g/mol. The second kappa shape index (κ2) is 7.76. The second-order valence-electron chi connectivity index (χ2n) is 4.79. The Kier molecular flexibility index (Phi) is 5.73. The van der Waals surface area contributed by atoms with Crippen LogP contribution in [0.15, 0.2) is 30.3 Å². The average Bonchev–Trinajstić information content (AvgIpc) is 2.55. The first kappa shape index (κ1) is 16.2. The number of rotatable bonds is 4. The Bertz CT molecular complexity index is 616. The fraction of sp³-hybridized carbons (Fsp3) is 0.312. The van der Waals surface area contributed by atoms with Gasteiger partial charge in [0.15, 0.2) is 11.7 Å². The van der Waals surface area contributed by atoms with Crippen LogP contribution in [0.5, 0.6) is 0 Å². The molecule has 0 aliphatic carbocycles. The predicted octanol–water partition coefficient (Wildman–Crippen LogP) is 2.12. The van der Waals surface area contributed by atoms with Gasteiger partial charge in [0, 0.05) is 24.6 Å². The van der Waals surface area contributed by atoms with Crippen molar-refractivity contribution in [2.75, 3.05) is 24.6 Å². The summed E-state index contributed by atoms with van der Waals surface area (Å²) in [5.41, 5.74) is 0.633. The van der Waals surface area contributed by atoms with Crippen LogP contribution < -0.4 is 0 Å². The van der Waals surface area contributed by atoms with E-state index in [2.05, 4.69) is 0 Å². The number of thioether (sulfide) groups is 1. The van der Waals surface area contributed by atoms with E-state index in [1.807, 2.05) is 0 Å². The molecule has 1 saturated heterocycles. The lowest BCUT2D eigenvalue weighted by Crippen LogP contribution is -2.43. The zero-order chi connectivity index (χ0) is 15.9. The number of nitrogens with zero attached hydrogens (tertiary/aromatic N) is 2. The van der Waals surface area contributed by atoms with Gasteiger partial charge in [0.05, 0.1) is 6.07 Å². The largest absolute Gasteiger partial charge is 0.339 e. The van der Waals surface area contributed by atoms with Crippen LogP contribution in [-0.4, -0.2) is 41.2 Å². The van der Waals surface area contributed by atoms with Crippen LogP contribution in [0.2, 0.25) is 0 Å². The fourth-order valence-corrected chi connectivity index (χ4v) is 2.96. The van der Waals surface area contributed by atoms with Crippen molar-refractivity contribution in [1.29, 1.82) is 5.26 Å². The molecule has 6 heteroatoms. The number of halogens is 1. The summed E-state index contributed by atoms with van der Waals surface area (Å²) in [7, 11) is 0. The third kappa shape index (κ3) is 4.18. The van der Waals surface area contributed by atoms with Crippen molar-refractivity contribution < 1.29 is 14.0 Å². The van der Waals surface area contributed by atoms with Crippen molar-refractivity contribution >= 4 is 29.5 Å². The number of hydrogen-bond acceptors (Lipinski definition) is 4. The van der Waals surface area contributed by atoms with Gasteiger partial charge < -0.3 is 4.90 Å². The number of ketones is 1. The normalized spacial score (nSPS) is 16.3. The van der Waals surface area contributed by atoms with E-state index in [4.69, 9.17) is 5.26 Å². The average molecular weight is 318 g/mol. The summed E-state index contributed by atoms with van der Waals surface area (Å²) in [6.07, 6.45) is 2.68. The van der Waals surface area contributed by atoms with Crippen molar-refractivity contribution in [2.45, 2.75) is 0 Å². The Morgan fingerprint density at radius 1 is 1.27 bits per heavy atom. The highest BCUT2D eigenvalue weighted by atomic mass is 32.2. The number of nitriles is 1. The highest BCUT2D eigenvalue weighted by molar-refractivity contribution is 7.99. The van der Waals surface area contributed by atoms with Crippen LogP contribution >= 0.6 is 11.8 Å². The molecular formula is C16H15FN2O2S. The van der Waals surface area contributed by atoms with E-state index in [1.165, 1.54) is 36.4 Å². The molecule has 22 heavy (non-hydrogen) atoms. The first-order chi connectivity index (χ1) is 10.6. The molecule has 1 atom stereocenters. The molecule has 1 aliphatic rings. The minimum Gasteiger partial charge on any atom is -0.339 e. The van der Waals surface area contributed by atoms with Crippen molar-refractivity contribution in [1.82, 2.24) is 4.90 Å². The lowest BCUT2D eigenvalue weighted by molar-refractivity contribution is -0.137. The van der Waals surface area contributed by atoms with E-state index in [9.17, 15) is 14.0 Å². The molecule has 0 aromatic heterocycles. The molecule has 0 radical (unpaired) electrons. The van der Waals surface area contributed by atoms with Crippen molar-refractivity contribution in [3.63, 3.8) is 0 Å². The van der Waals surface area contributed by atoms with Crippen LogP contribution in [-0.2, 0) is 9.59 Å². The highest BCUT2D eigenvalue weighted by Crippen LogP contribution is 2.14. The van der Waals surface area contributed by atoms with Gasteiger partial charge in [-0.05, 0) is 23.8 Å². The SMILES string of the molecule is N#C[C@@H](C(=O)/C=C/c1ccc(F)cc1)C(=O)N1CCSCC1. The first-order valence-corrected chi connectivity index (χ1v) is 8.01. The number of benzene rings is 1. The number of amides is 1. The first-order valence-electron chi connectivity index (χ1n) is 6.85. The Hall–Kier alpha value is -2.13. The molecule has 0 bridgehead atoms. The van der Waals surface area contributed by atoms with E-state index >= 15 is 0 Å². The number of hydrogen-bond donors (Lipinski definition) is 0. The van der Waals surface area contributed by atoms with Crippen LogP contribution in [0, 0.1) is 23.1 Å². The van der Waals surface area contributed by atoms with E-state index in [0.717, 1.165) is 11.5 Å². The van der Waals surface area contributed by atoms with Crippen molar-refractivity contribution in [3.05, 3.63) is 41.7 Å². The molecule has 2 rings (SSSR count). The van der Waals surface area contributed by atoms with Crippen molar-refractivity contribution in [2.24, 2.45) is 5.92 Å². The molecule has 0 saturated carbocycles. The van der Waals surface area contributed by atoms with E-state index < -0.39 is 17.6 Å². The standard InChI is InChI=1S/C16H15FN2O2S/c17-13-4-1-12(2-5-13)3-6-15(20)14(11-18)16(21)19-7-9-22-10-8-19/h1-6,14H,7-10H2/b6-3+/t14-/m0/s1. The monoisotopic (exact) mass is 318 g/mol. The summed E-state index contributed by atoms with van der Waals surface area (Å²) in [5.74, 6) is -1.00. The van der Waals surface area contributed by atoms with Gasteiger partial charge in [-0.2, -0.15) is 17.0 Å². The Morgan fingerprint density at radius 3 is 2.50 bits per heavy atom. The smallest absolute Gasteiger partial charge is 0.247 e. The van der Waals surface area contributed by atoms with E-state index in [0.29, 0.717) is 18.7 Å². The highest BCUT2D eigenvalue weighted by Gasteiger charge is 2.29. The molecule has 114 valence electrons. The Labute approximate surface area is 132 Å². The Balaban J connectivity index is 2.03. The summed E-state index contributed by atoms with van der Waals surface area (Å²) in [6, 6.07) is 7.38. The second-order valence-corrected chi connectivity index (χ2v) is 6.01. The number of carbonyl (C=O) groups excluding carboxylic acids is 2. The third-order valence-electron chi connectivity index (χ3n) is 3.29. The molecule has 1 aromatic carbocycles. The molecule has 1 heterocycles. The van der Waals surface area contributed by atoms with Gasteiger partial charge in [-0.15, -0.1) is 0 Å². The fourth-order valence-electron chi connectivity index (χ4n) is 2.06.